The predicted octanol–water partition coefficient (Wildman–Crippen LogP) is 2.43. The van der Waals surface area contributed by atoms with Crippen LogP contribution in [0.1, 0.15) is 12.5 Å². The van der Waals surface area contributed by atoms with Crippen molar-refractivity contribution in [2.24, 2.45) is 4.99 Å². The van der Waals surface area contributed by atoms with E-state index in [0.717, 1.165) is 36.8 Å². The Hall–Kier alpha value is -3.02. The van der Waals surface area contributed by atoms with Crippen molar-refractivity contribution in [2.75, 3.05) is 13.1 Å². The highest BCUT2D eigenvalue weighted by atomic mass is 15.3. The van der Waals surface area contributed by atoms with Crippen LogP contribution in [0.3, 0.4) is 0 Å². The number of aliphatic imine (C=N–C) groups is 1. The molecule has 1 aromatic carbocycles. The third kappa shape index (κ3) is 4.97. The van der Waals surface area contributed by atoms with Gasteiger partial charge in [0, 0.05) is 43.8 Å². The molecule has 6 heteroatoms. The number of rotatable bonds is 7. The van der Waals surface area contributed by atoms with Crippen LogP contribution in [0.25, 0.3) is 5.69 Å². The second-order valence-electron chi connectivity index (χ2n) is 5.67. The fraction of sp³-hybridized carbons (Fsp3) is 0.263. The quantitative estimate of drug-likeness (QED) is 0.515. The number of hydrogen-bond donors (Lipinski definition) is 2. The number of benzene rings is 1. The van der Waals surface area contributed by atoms with Gasteiger partial charge >= 0.3 is 0 Å². The zero-order chi connectivity index (χ0) is 17.3. The molecule has 2 heterocycles. The zero-order valence-electron chi connectivity index (χ0n) is 14.5. The Morgan fingerprint density at radius 1 is 1.08 bits per heavy atom. The van der Waals surface area contributed by atoms with Gasteiger partial charge in [0.05, 0.1) is 18.4 Å². The summed E-state index contributed by atoms with van der Waals surface area (Å²) < 4.78 is 4.01. The number of nitrogens with one attached hydrogen (secondary N) is 2. The van der Waals surface area contributed by atoms with Crippen LogP contribution in [-0.2, 0) is 13.1 Å². The molecule has 0 spiro atoms. The van der Waals surface area contributed by atoms with Crippen LogP contribution in [0, 0.1) is 0 Å². The minimum absolute atomic E-state index is 0.589. The lowest BCUT2D eigenvalue weighted by molar-refractivity contribution is 0.666. The second-order valence-corrected chi connectivity index (χ2v) is 5.67. The normalized spacial score (nSPS) is 11.5. The second kappa shape index (κ2) is 8.73. The lowest BCUT2D eigenvalue weighted by Gasteiger charge is -2.11. The third-order valence-electron chi connectivity index (χ3n) is 3.75. The van der Waals surface area contributed by atoms with Crippen molar-refractivity contribution in [1.29, 1.82) is 0 Å². The van der Waals surface area contributed by atoms with Crippen molar-refractivity contribution in [3.05, 3.63) is 72.8 Å². The molecule has 0 aliphatic rings. The minimum atomic E-state index is 0.589. The molecule has 0 atom stereocenters. The summed E-state index contributed by atoms with van der Waals surface area (Å²) in [6.07, 6.45) is 8.00. The maximum atomic E-state index is 4.64. The molecular weight excluding hydrogens is 312 g/mol. The smallest absolute Gasteiger partial charge is 0.191 e. The maximum Gasteiger partial charge on any atom is 0.191 e. The summed E-state index contributed by atoms with van der Waals surface area (Å²) in [6.45, 7) is 5.22. The third-order valence-corrected chi connectivity index (χ3v) is 3.75. The molecule has 3 aromatic rings. The van der Waals surface area contributed by atoms with Crippen LogP contribution < -0.4 is 10.6 Å². The summed E-state index contributed by atoms with van der Waals surface area (Å²) in [4.78, 5) is 4.64. The van der Waals surface area contributed by atoms with Crippen molar-refractivity contribution in [3.63, 3.8) is 0 Å². The average molecular weight is 336 g/mol. The molecule has 0 bridgehead atoms. The molecule has 0 aliphatic carbocycles. The highest BCUT2D eigenvalue weighted by Crippen LogP contribution is 2.08. The molecule has 0 radical (unpaired) electrons. The molecule has 0 aliphatic heterocycles. The van der Waals surface area contributed by atoms with Gasteiger partial charge < -0.3 is 15.2 Å². The van der Waals surface area contributed by atoms with Crippen LogP contribution in [0.2, 0.25) is 0 Å². The molecule has 0 fully saturated rings. The van der Waals surface area contributed by atoms with Gasteiger partial charge in [0.15, 0.2) is 5.96 Å². The van der Waals surface area contributed by atoms with Gasteiger partial charge in [-0.05, 0) is 31.2 Å². The van der Waals surface area contributed by atoms with Crippen LogP contribution in [0.4, 0.5) is 0 Å². The number of hydrogen-bond acceptors (Lipinski definition) is 2. The number of para-hydroxylation sites is 1. The molecular formula is C19H24N6. The van der Waals surface area contributed by atoms with E-state index in [1.165, 1.54) is 0 Å². The van der Waals surface area contributed by atoms with Crippen molar-refractivity contribution in [3.8, 4) is 5.69 Å². The summed E-state index contributed by atoms with van der Waals surface area (Å²) in [6, 6.07) is 14.1. The number of guanidine groups is 1. The van der Waals surface area contributed by atoms with Gasteiger partial charge in [-0.25, -0.2) is 9.67 Å². The molecule has 2 N–H and O–H groups in total. The van der Waals surface area contributed by atoms with Crippen molar-refractivity contribution in [1.82, 2.24) is 25.0 Å². The largest absolute Gasteiger partial charge is 0.357 e. The van der Waals surface area contributed by atoms with E-state index in [2.05, 4.69) is 44.6 Å². The highest BCUT2D eigenvalue weighted by molar-refractivity contribution is 5.79. The van der Waals surface area contributed by atoms with Crippen molar-refractivity contribution < 1.29 is 0 Å². The molecule has 0 unspecified atom stereocenters. The highest BCUT2D eigenvalue weighted by Gasteiger charge is 2.02. The number of nitrogens with zero attached hydrogens (tertiary/aromatic N) is 4. The Morgan fingerprint density at radius 2 is 1.88 bits per heavy atom. The summed E-state index contributed by atoms with van der Waals surface area (Å²) in [5, 5.41) is 11.0. The fourth-order valence-electron chi connectivity index (χ4n) is 2.50. The van der Waals surface area contributed by atoms with E-state index in [0.29, 0.717) is 6.54 Å². The monoisotopic (exact) mass is 336 g/mol. The van der Waals surface area contributed by atoms with E-state index in [4.69, 9.17) is 0 Å². The Bertz CT molecular complexity index is 773. The molecule has 0 amide bonds. The Kier molecular flexibility index (Phi) is 5.87. The number of aromatic nitrogens is 3. The van der Waals surface area contributed by atoms with Gasteiger partial charge in [-0.3, -0.25) is 0 Å². The molecule has 6 nitrogen and oxygen atoms in total. The lowest BCUT2D eigenvalue weighted by atomic mass is 10.3. The van der Waals surface area contributed by atoms with Crippen molar-refractivity contribution >= 4 is 5.96 Å². The van der Waals surface area contributed by atoms with E-state index in [1.807, 2.05) is 59.5 Å². The zero-order valence-corrected chi connectivity index (χ0v) is 14.5. The topological polar surface area (TPSA) is 59.2 Å². The Morgan fingerprint density at radius 3 is 2.64 bits per heavy atom. The summed E-state index contributed by atoms with van der Waals surface area (Å²) >= 11 is 0. The van der Waals surface area contributed by atoms with Gasteiger partial charge in [-0.15, -0.1) is 0 Å². The van der Waals surface area contributed by atoms with Crippen LogP contribution in [0.15, 0.2) is 72.2 Å². The summed E-state index contributed by atoms with van der Waals surface area (Å²) in [5.41, 5.74) is 2.13. The van der Waals surface area contributed by atoms with E-state index >= 15 is 0 Å². The lowest BCUT2D eigenvalue weighted by Crippen LogP contribution is -2.38. The van der Waals surface area contributed by atoms with Gasteiger partial charge in [-0.2, -0.15) is 5.10 Å². The standard InChI is InChI=1S/C19H24N6/c1-2-20-19(21-10-13-24-11-6-7-12-24)22-14-17-15-23-25(16-17)18-8-4-3-5-9-18/h3-9,11-12,15-16H,2,10,13-14H2,1H3,(H2,20,21,22). The molecule has 25 heavy (non-hydrogen) atoms. The van der Waals surface area contributed by atoms with Gasteiger partial charge in [-0.1, -0.05) is 18.2 Å². The van der Waals surface area contributed by atoms with Gasteiger partial charge in [0.1, 0.15) is 0 Å². The van der Waals surface area contributed by atoms with E-state index in [1.54, 1.807) is 0 Å². The van der Waals surface area contributed by atoms with E-state index < -0.39 is 0 Å². The molecule has 130 valence electrons. The van der Waals surface area contributed by atoms with Crippen molar-refractivity contribution in [2.45, 2.75) is 20.0 Å². The Labute approximate surface area is 148 Å². The maximum absolute atomic E-state index is 4.64. The van der Waals surface area contributed by atoms with E-state index in [-0.39, 0.29) is 0 Å². The molecule has 0 saturated heterocycles. The van der Waals surface area contributed by atoms with Gasteiger partial charge in [0.25, 0.3) is 0 Å². The van der Waals surface area contributed by atoms with Crippen LogP contribution in [-0.4, -0.2) is 33.4 Å². The first-order chi connectivity index (χ1) is 12.3. The minimum Gasteiger partial charge on any atom is -0.357 e. The summed E-state index contributed by atoms with van der Waals surface area (Å²) in [5.74, 6) is 0.821. The SMILES string of the molecule is CCNC(=NCc1cnn(-c2ccccc2)c1)NCCn1cccc1. The van der Waals surface area contributed by atoms with E-state index in [9.17, 15) is 0 Å². The first-order valence-corrected chi connectivity index (χ1v) is 8.57. The molecule has 2 aromatic heterocycles. The first kappa shape index (κ1) is 16.8. The first-order valence-electron chi connectivity index (χ1n) is 8.57. The Balaban J connectivity index is 1.56. The summed E-state index contributed by atoms with van der Waals surface area (Å²) in [7, 11) is 0. The van der Waals surface area contributed by atoms with Crippen LogP contribution >= 0.6 is 0 Å². The molecule has 0 saturated carbocycles. The predicted molar refractivity (Wildman–Crippen MR) is 101 cm³/mol. The molecule has 3 rings (SSSR count). The average Bonchev–Trinajstić information content (AvgIpc) is 3.32. The van der Waals surface area contributed by atoms with Gasteiger partial charge in [0.2, 0.25) is 0 Å². The van der Waals surface area contributed by atoms with Crippen LogP contribution in [0.5, 0.6) is 0 Å². The fourth-order valence-corrected chi connectivity index (χ4v) is 2.50.